The number of hydrogen-bond acceptors (Lipinski definition) is 4. The summed E-state index contributed by atoms with van der Waals surface area (Å²) in [6.07, 6.45) is 13.4. The number of rotatable bonds is 5. The molecule has 4 nitrogen and oxygen atoms in total. The largest absolute Gasteiger partial charge is 0.486 e. The standard InChI is InChI=1S/C22H19N2O.C16H20NSi.Ir/c1-2-6-15(7-3-1)16-11-13-23-20(14-16)19-9-4-8-17-18-10-5-12-24-22(18)25-21(17)19;1-5-13-11-15(14-9-7-6-8-10-14)17-12-16(13)18(2,3)4;/h4-5,8,10-15H,1-3,6-7H2;6-9,11-12H,5H2,1-4H3;/q2*-1;. The van der Waals surface area contributed by atoms with Crippen LogP contribution >= 0.6 is 0 Å². The zero-order valence-corrected chi connectivity index (χ0v) is 29.4. The smallest absolute Gasteiger partial charge is 0.216 e. The first kappa shape index (κ1) is 32.0. The van der Waals surface area contributed by atoms with Crippen LogP contribution in [0, 0.1) is 12.1 Å². The molecule has 1 fully saturated rings. The summed E-state index contributed by atoms with van der Waals surface area (Å²) in [6.45, 7) is 9.34. The summed E-state index contributed by atoms with van der Waals surface area (Å²) in [5, 5.41) is 3.59. The maximum atomic E-state index is 6.04. The van der Waals surface area contributed by atoms with Gasteiger partial charge in [-0.15, -0.1) is 54.1 Å². The van der Waals surface area contributed by atoms with Crippen molar-refractivity contribution in [3.8, 4) is 22.5 Å². The van der Waals surface area contributed by atoms with Crippen molar-refractivity contribution in [1.82, 2.24) is 15.0 Å². The van der Waals surface area contributed by atoms with E-state index in [0.29, 0.717) is 11.6 Å². The third-order valence-corrected chi connectivity index (χ3v) is 10.6. The fourth-order valence-electron chi connectivity index (χ4n) is 6.20. The predicted molar refractivity (Wildman–Crippen MR) is 180 cm³/mol. The Labute approximate surface area is 275 Å². The van der Waals surface area contributed by atoms with Gasteiger partial charge in [-0.3, -0.25) is 0 Å². The second-order valence-electron chi connectivity index (χ2n) is 12.5. The van der Waals surface area contributed by atoms with Crippen molar-refractivity contribution in [3.63, 3.8) is 0 Å². The van der Waals surface area contributed by atoms with Crippen LogP contribution < -0.4 is 5.19 Å². The number of furan rings is 1. The molecule has 0 saturated heterocycles. The quantitative estimate of drug-likeness (QED) is 0.129. The average molecular weight is 774 g/mol. The molecule has 0 N–H and O–H groups in total. The molecule has 1 saturated carbocycles. The molecule has 1 radical (unpaired) electrons. The third-order valence-electron chi connectivity index (χ3n) is 8.49. The number of aromatic nitrogens is 3. The van der Waals surface area contributed by atoms with E-state index in [1.54, 1.807) is 6.20 Å². The van der Waals surface area contributed by atoms with Crippen molar-refractivity contribution in [2.24, 2.45) is 0 Å². The van der Waals surface area contributed by atoms with E-state index in [0.717, 1.165) is 45.3 Å². The second kappa shape index (κ2) is 14.1. The average Bonchev–Trinajstić information content (AvgIpc) is 3.44. The van der Waals surface area contributed by atoms with Crippen molar-refractivity contribution >= 4 is 35.3 Å². The van der Waals surface area contributed by atoms with Crippen LogP contribution in [0.1, 0.15) is 56.1 Å². The Morgan fingerprint density at radius 3 is 2.41 bits per heavy atom. The van der Waals surface area contributed by atoms with Crippen LogP contribution in [0.4, 0.5) is 0 Å². The van der Waals surface area contributed by atoms with Crippen molar-refractivity contribution < 1.29 is 24.5 Å². The van der Waals surface area contributed by atoms with Crippen molar-refractivity contribution in [1.29, 1.82) is 0 Å². The summed E-state index contributed by atoms with van der Waals surface area (Å²) in [5.41, 5.74) is 8.30. The molecular weight excluding hydrogens is 735 g/mol. The van der Waals surface area contributed by atoms with Crippen LogP contribution in [0.5, 0.6) is 0 Å². The molecule has 0 amide bonds. The van der Waals surface area contributed by atoms with E-state index in [9.17, 15) is 0 Å². The van der Waals surface area contributed by atoms with Crippen LogP contribution in [-0.4, -0.2) is 23.0 Å². The fourth-order valence-corrected chi connectivity index (χ4v) is 7.87. The Morgan fingerprint density at radius 1 is 0.818 bits per heavy atom. The van der Waals surface area contributed by atoms with E-state index >= 15 is 0 Å². The maximum Gasteiger partial charge on any atom is 0.216 e. The molecule has 0 bridgehead atoms. The van der Waals surface area contributed by atoms with Crippen LogP contribution in [0.3, 0.4) is 0 Å². The summed E-state index contributed by atoms with van der Waals surface area (Å²) >= 11 is 0. The molecule has 0 aliphatic heterocycles. The number of aryl methyl sites for hydroxylation is 1. The van der Waals surface area contributed by atoms with E-state index < -0.39 is 8.07 Å². The summed E-state index contributed by atoms with van der Waals surface area (Å²) in [6, 6.07) is 29.2. The van der Waals surface area contributed by atoms with Crippen LogP contribution in [0.15, 0.2) is 89.7 Å². The Hall–Kier alpha value is -3.44. The molecule has 0 unspecified atom stereocenters. The molecule has 44 heavy (non-hydrogen) atoms. The van der Waals surface area contributed by atoms with Gasteiger partial charge in [0.1, 0.15) is 0 Å². The molecule has 2 aromatic carbocycles. The zero-order chi connectivity index (χ0) is 29.8. The van der Waals surface area contributed by atoms with E-state index in [-0.39, 0.29) is 20.1 Å². The number of nitrogens with zero attached hydrogens (tertiary/aromatic N) is 3. The van der Waals surface area contributed by atoms with Gasteiger partial charge in [0.15, 0.2) is 0 Å². The maximum absolute atomic E-state index is 6.04. The number of pyridine rings is 3. The first-order valence-electron chi connectivity index (χ1n) is 15.5. The molecule has 6 aromatic rings. The molecule has 1 aliphatic carbocycles. The minimum absolute atomic E-state index is 0. The zero-order valence-electron chi connectivity index (χ0n) is 26.0. The molecule has 0 atom stereocenters. The Kier molecular flexibility index (Phi) is 10.3. The molecule has 4 heterocycles. The summed E-state index contributed by atoms with van der Waals surface area (Å²) in [4.78, 5) is 13.6. The van der Waals surface area contributed by atoms with Gasteiger partial charge in [0.2, 0.25) is 5.71 Å². The second-order valence-corrected chi connectivity index (χ2v) is 17.5. The fraction of sp³-hybridized carbons (Fsp3) is 0.289. The SMILES string of the molecule is CCc1cc(-c2[c-]cccc2)ncc1[Si](C)(C)C.[Ir].[c-]1ccc2c(oc3ncccc32)c1-c1cc(C2CCCCC2)ccn1. The van der Waals surface area contributed by atoms with Crippen molar-refractivity contribution in [2.45, 2.75) is 71.0 Å². The van der Waals surface area contributed by atoms with Crippen molar-refractivity contribution in [3.05, 3.63) is 109 Å². The van der Waals surface area contributed by atoms with Gasteiger partial charge in [0, 0.05) is 44.1 Å². The van der Waals surface area contributed by atoms with Gasteiger partial charge in [-0.1, -0.05) is 80.0 Å². The van der Waals surface area contributed by atoms with Crippen LogP contribution in [0.25, 0.3) is 44.6 Å². The van der Waals surface area contributed by atoms with Crippen molar-refractivity contribution in [2.75, 3.05) is 0 Å². The first-order valence-corrected chi connectivity index (χ1v) is 19.0. The number of fused-ring (bicyclic) bond motifs is 3. The van der Waals surface area contributed by atoms with Gasteiger partial charge in [-0.05, 0) is 60.0 Å². The normalized spacial score (nSPS) is 13.7. The number of benzene rings is 2. The van der Waals surface area contributed by atoms with E-state index in [2.05, 4.69) is 84.1 Å². The minimum Gasteiger partial charge on any atom is -0.486 e. The Balaban J connectivity index is 0.000000181. The molecule has 1 aliphatic rings. The molecule has 0 spiro atoms. The topological polar surface area (TPSA) is 51.8 Å². The van der Waals surface area contributed by atoms with Crippen LogP contribution in [0.2, 0.25) is 19.6 Å². The molecular formula is C38H39IrN3OSi-2. The molecule has 7 rings (SSSR count). The monoisotopic (exact) mass is 774 g/mol. The third kappa shape index (κ3) is 6.93. The first-order chi connectivity index (χ1) is 20.9. The van der Waals surface area contributed by atoms with E-state index in [4.69, 9.17) is 4.42 Å². The van der Waals surface area contributed by atoms with Gasteiger partial charge >= 0.3 is 0 Å². The van der Waals surface area contributed by atoms with Gasteiger partial charge < -0.3 is 14.4 Å². The van der Waals surface area contributed by atoms with Gasteiger partial charge in [-0.2, -0.15) is 0 Å². The molecule has 227 valence electrons. The van der Waals surface area contributed by atoms with Gasteiger partial charge in [-0.25, -0.2) is 4.98 Å². The van der Waals surface area contributed by atoms with E-state index in [1.807, 2.05) is 48.7 Å². The summed E-state index contributed by atoms with van der Waals surface area (Å²) in [7, 11) is -1.30. The van der Waals surface area contributed by atoms with Gasteiger partial charge in [0.05, 0.1) is 13.7 Å². The Bertz CT molecular complexity index is 1840. The summed E-state index contributed by atoms with van der Waals surface area (Å²) in [5.74, 6) is 0.659. The van der Waals surface area contributed by atoms with E-state index in [1.165, 1.54) is 48.4 Å². The summed E-state index contributed by atoms with van der Waals surface area (Å²) < 4.78 is 6.04. The molecule has 4 aromatic heterocycles. The van der Waals surface area contributed by atoms with Gasteiger partial charge in [0.25, 0.3) is 0 Å². The minimum atomic E-state index is -1.30. The molecule has 6 heteroatoms. The van der Waals surface area contributed by atoms with Crippen LogP contribution in [-0.2, 0) is 26.5 Å². The Morgan fingerprint density at radius 2 is 1.66 bits per heavy atom. The predicted octanol–water partition coefficient (Wildman–Crippen LogP) is 9.54. The number of hydrogen-bond donors (Lipinski definition) is 0.